The van der Waals surface area contributed by atoms with Crippen molar-refractivity contribution in [1.82, 2.24) is 10.1 Å². The Labute approximate surface area is 137 Å². The van der Waals surface area contributed by atoms with E-state index in [0.29, 0.717) is 28.7 Å². The maximum atomic E-state index is 12.9. The molecule has 24 heavy (non-hydrogen) atoms. The standard InChI is InChI=1S/C17H14FN3O3/c1-11(22)19-14-3-2-4-15(9-14)23-10-16-20-17(21-24-16)12-5-7-13(18)8-6-12/h2-9H,10H2,1H3,(H,19,22). The molecule has 6 nitrogen and oxygen atoms in total. The second kappa shape index (κ2) is 6.91. The Hall–Kier alpha value is -3.22. The molecule has 1 heterocycles. The Balaban J connectivity index is 1.65. The van der Waals surface area contributed by atoms with Crippen LogP contribution in [0.25, 0.3) is 11.4 Å². The number of ether oxygens (including phenoxy) is 1. The summed E-state index contributed by atoms with van der Waals surface area (Å²) in [5.74, 6) is 0.723. The zero-order valence-electron chi connectivity index (χ0n) is 12.8. The molecule has 0 saturated heterocycles. The molecule has 7 heteroatoms. The van der Waals surface area contributed by atoms with E-state index in [0.717, 1.165) is 0 Å². The summed E-state index contributed by atoms with van der Waals surface area (Å²) < 4.78 is 23.6. The Morgan fingerprint density at radius 1 is 1.25 bits per heavy atom. The van der Waals surface area contributed by atoms with E-state index in [1.165, 1.54) is 19.1 Å². The molecule has 3 aromatic rings. The number of carbonyl (C=O) groups excluding carboxylic acids is 1. The lowest BCUT2D eigenvalue weighted by Gasteiger charge is -2.06. The molecular weight excluding hydrogens is 313 g/mol. The van der Waals surface area contributed by atoms with Crippen LogP contribution in [0.15, 0.2) is 53.1 Å². The molecule has 0 atom stereocenters. The van der Waals surface area contributed by atoms with Crippen molar-refractivity contribution in [3.8, 4) is 17.1 Å². The number of aromatic nitrogens is 2. The average molecular weight is 327 g/mol. The van der Waals surface area contributed by atoms with E-state index in [-0.39, 0.29) is 18.3 Å². The molecule has 1 amide bonds. The third-order valence-corrected chi connectivity index (χ3v) is 3.09. The average Bonchev–Trinajstić information content (AvgIpc) is 3.02. The third kappa shape index (κ3) is 3.95. The normalized spacial score (nSPS) is 10.4. The third-order valence-electron chi connectivity index (χ3n) is 3.09. The van der Waals surface area contributed by atoms with Gasteiger partial charge in [0.25, 0.3) is 5.89 Å². The van der Waals surface area contributed by atoms with Crippen molar-refractivity contribution < 1.29 is 18.4 Å². The van der Waals surface area contributed by atoms with E-state index < -0.39 is 0 Å². The summed E-state index contributed by atoms with van der Waals surface area (Å²) in [7, 11) is 0. The highest BCUT2D eigenvalue weighted by molar-refractivity contribution is 5.88. The lowest BCUT2D eigenvalue weighted by Crippen LogP contribution is -2.05. The van der Waals surface area contributed by atoms with Crippen LogP contribution in [0.5, 0.6) is 5.75 Å². The monoisotopic (exact) mass is 327 g/mol. The van der Waals surface area contributed by atoms with Gasteiger partial charge in [-0.1, -0.05) is 11.2 Å². The molecule has 0 radical (unpaired) electrons. The summed E-state index contributed by atoms with van der Waals surface area (Å²) in [5, 5.41) is 6.51. The number of anilines is 1. The zero-order valence-corrected chi connectivity index (χ0v) is 12.8. The maximum Gasteiger partial charge on any atom is 0.264 e. The second-order valence-corrected chi connectivity index (χ2v) is 5.02. The highest BCUT2D eigenvalue weighted by atomic mass is 19.1. The molecule has 1 N–H and O–H groups in total. The van der Waals surface area contributed by atoms with E-state index in [1.807, 2.05) is 0 Å². The van der Waals surface area contributed by atoms with Crippen molar-refractivity contribution in [2.75, 3.05) is 5.32 Å². The van der Waals surface area contributed by atoms with E-state index >= 15 is 0 Å². The molecule has 0 spiro atoms. The second-order valence-electron chi connectivity index (χ2n) is 5.02. The van der Waals surface area contributed by atoms with Gasteiger partial charge in [-0.15, -0.1) is 0 Å². The van der Waals surface area contributed by atoms with Crippen LogP contribution >= 0.6 is 0 Å². The number of halogens is 1. The fourth-order valence-corrected chi connectivity index (χ4v) is 2.04. The van der Waals surface area contributed by atoms with E-state index in [4.69, 9.17) is 9.26 Å². The predicted molar refractivity (Wildman–Crippen MR) is 84.8 cm³/mol. The molecule has 0 aliphatic rings. The summed E-state index contributed by atoms with van der Waals surface area (Å²) >= 11 is 0. The quantitative estimate of drug-likeness (QED) is 0.777. The summed E-state index contributed by atoms with van der Waals surface area (Å²) in [6.45, 7) is 1.51. The van der Waals surface area contributed by atoms with Gasteiger partial charge in [-0.05, 0) is 36.4 Å². The van der Waals surface area contributed by atoms with Crippen molar-refractivity contribution in [1.29, 1.82) is 0 Å². The molecule has 0 saturated carbocycles. The number of rotatable bonds is 5. The van der Waals surface area contributed by atoms with Crippen LogP contribution in [-0.4, -0.2) is 16.0 Å². The number of benzene rings is 2. The first-order valence-corrected chi connectivity index (χ1v) is 7.19. The van der Waals surface area contributed by atoms with Gasteiger partial charge in [0.2, 0.25) is 11.7 Å². The minimum atomic E-state index is -0.329. The first-order chi connectivity index (χ1) is 11.6. The smallest absolute Gasteiger partial charge is 0.264 e. The van der Waals surface area contributed by atoms with Gasteiger partial charge in [0.15, 0.2) is 6.61 Å². The van der Waals surface area contributed by atoms with Gasteiger partial charge < -0.3 is 14.6 Å². The summed E-state index contributed by atoms with van der Waals surface area (Å²) in [5.41, 5.74) is 1.29. The minimum absolute atomic E-state index is 0.0811. The topological polar surface area (TPSA) is 77.2 Å². The van der Waals surface area contributed by atoms with Gasteiger partial charge in [0.05, 0.1) is 0 Å². The Kier molecular flexibility index (Phi) is 4.51. The van der Waals surface area contributed by atoms with E-state index in [9.17, 15) is 9.18 Å². The van der Waals surface area contributed by atoms with Crippen molar-refractivity contribution in [2.45, 2.75) is 13.5 Å². The summed E-state index contributed by atoms with van der Waals surface area (Å²) in [6.07, 6.45) is 0. The van der Waals surface area contributed by atoms with Gasteiger partial charge >= 0.3 is 0 Å². The van der Waals surface area contributed by atoms with E-state index in [1.54, 1.807) is 36.4 Å². The highest BCUT2D eigenvalue weighted by Gasteiger charge is 2.09. The minimum Gasteiger partial charge on any atom is -0.484 e. The Morgan fingerprint density at radius 2 is 2.04 bits per heavy atom. The molecule has 2 aromatic carbocycles. The van der Waals surface area contributed by atoms with Crippen LogP contribution in [-0.2, 0) is 11.4 Å². The molecule has 1 aromatic heterocycles. The van der Waals surface area contributed by atoms with Crippen LogP contribution < -0.4 is 10.1 Å². The maximum absolute atomic E-state index is 12.9. The number of amides is 1. The van der Waals surface area contributed by atoms with Crippen LogP contribution in [0.3, 0.4) is 0 Å². The summed E-state index contributed by atoms with van der Waals surface area (Å²) in [6, 6.07) is 12.8. The fraction of sp³-hybridized carbons (Fsp3) is 0.118. The summed E-state index contributed by atoms with van der Waals surface area (Å²) in [4.78, 5) is 15.3. The first-order valence-electron chi connectivity index (χ1n) is 7.19. The molecular formula is C17H14FN3O3. The number of carbonyl (C=O) groups is 1. The molecule has 0 aliphatic carbocycles. The Morgan fingerprint density at radius 3 is 2.79 bits per heavy atom. The molecule has 0 bridgehead atoms. The van der Waals surface area contributed by atoms with Crippen molar-refractivity contribution >= 4 is 11.6 Å². The molecule has 3 rings (SSSR count). The van der Waals surface area contributed by atoms with Gasteiger partial charge in [0, 0.05) is 24.2 Å². The first kappa shape index (κ1) is 15.7. The van der Waals surface area contributed by atoms with Gasteiger partial charge in [-0.3, -0.25) is 4.79 Å². The van der Waals surface area contributed by atoms with Crippen molar-refractivity contribution in [3.05, 3.63) is 60.2 Å². The largest absolute Gasteiger partial charge is 0.484 e. The van der Waals surface area contributed by atoms with Gasteiger partial charge in [-0.2, -0.15) is 4.98 Å². The number of hydrogen-bond donors (Lipinski definition) is 1. The molecule has 0 unspecified atom stereocenters. The number of hydrogen-bond acceptors (Lipinski definition) is 5. The molecule has 122 valence electrons. The van der Waals surface area contributed by atoms with Crippen molar-refractivity contribution in [3.63, 3.8) is 0 Å². The SMILES string of the molecule is CC(=O)Nc1cccc(OCc2nc(-c3ccc(F)cc3)no2)c1. The van der Waals surface area contributed by atoms with Gasteiger partial charge in [0.1, 0.15) is 11.6 Å². The predicted octanol–water partition coefficient (Wildman–Crippen LogP) is 3.41. The lowest BCUT2D eigenvalue weighted by molar-refractivity contribution is -0.114. The zero-order chi connectivity index (χ0) is 16.9. The number of nitrogens with zero attached hydrogens (tertiary/aromatic N) is 2. The molecule has 0 aliphatic heterocycles. The van der Waals surface area contributed by atoms with Crippen LogP contribution in [0.4, 0.5) is 10.1 Å². The molecule has 0 fully saturated rings. The lowest BCUT2D eigenvalue weighted by atomic mass is 10.2. The Bertz CT molecular complexity index is 846. The number of nitrogens with one attached hydrogen (secondary N) is 1. The van der Waals surface area contributed by atoms with Crippen LogP contribution in [0, 0.1) is 5.82 Å². The fourth-order valence-electron chi connectivity index (χ4n) is 2.04. The van der Waals surface area contributed by atoms with Gasteiger partial charge in [-0.25, -0.2) is 4.39 Å². The van der Waals surface area contributed by atoms with Crippen molar-refractivity contribution in [2.24, 2.45) is 0 Å². The van der Waals surface area contributed by atoms with Crippen LogP contribution in [0.1, 0.15) is 12.8 Å². The van der Waals surface area contributed by atoms with E-state index in [2.05, 4.69) is 15.5 Å². The highest BCUT2D eigenvalue weighted by Crippen LogP contribution is 2.20. The van der Waals surface area contributed by atoms with Crippen LogP contribution in [0.2, 0.25) is 0 Å².